The van der Waals surface area contributed by atoms with Crippen molar-refractivity contribution in [3.8, 4) is 23.0 Å². The van der Waals surface area contributed by atoms with E-state index in [1.807, 2.05) is 72.8 Å². The maximum atomic E-state index is 14.3. The second-order valence-corrected chi connectivity index (χ2v) is 9.99. The van der Waals surface area contributed by atoms with Gasteiger partial charge >= 0.3 is 0 Å². The van der Waals surface area contributed by atoms with Crippen molar-refractivity contribution < 1.29 is 28.5 Å². The summed E-state index contributed by atoms with van der Waals surface area (Å²) >= 11 is 0. The standard InChI is InChI=1S/C35H29NO6/c1-39-24-17-16-23(27(20-24)40-2)19-26-31(37)28-29(32(26)38)35(30-25(34(28)41-3)15-10-18-36-30)42-33(21-11-6-4-7-12-21)22-13-8-5-9-14-22/h4-18,20,26,33H,19H2,1-3H3. The summed E-state index contributed by atoms with van der Waals surface area (Å²) in [5.41, 5.74) is 3.37. The van der Waals surface area contributed by atoms with E-state index in [0.29, 0.717) is 33.7 Å². The smallest absolute Gasteiger partial charge is 0.178 e. The van der Waals surface area contributed by atoms with Gasteiger partial charge in [-0.3, -0.25) is 14.6 Å². The third-order valence-corrected chi connectivity index (χ3v) is 7.66. The van der Waals surface area contributed by atoms with Gasteiger partial charge in [0.25, 0.3) is 0 Å². The Hall–Kier alpha value is -5.17. The SMILES string of the molecule is COc1ccc(CC2C(=O)c3c(c(OC(c4ccccc4)c4ccccc4)c4ncccc4c3OC)C2=O)c(OC)c1. The lowest BCUT2D eigenvalue weighted by Gasteiger charge is -2.23. The number of Topliss-reactive ketones (excluding diaryl/α,β-unsaturated/α-hetero) is 2. The van der Waals surface area contributed by atoms with Crippen molar-refractivity contribution in [2.45, 2.75) is 12.5 Å². The van der Waals surface area contributed by atoms with Crippen molar-refractivity contribution in [1.82, 2.24) is 4.98 Å². The van der Waals surface area contributed by atoms with Gasteiger partial charge in [-0.25, -0.2) is 0 Å². The van der Waals surface area contributed by atoms with E-state index in [0.717, 1.165) is 11.1 Å². The quantitative estimate of drug-likeness (QED) is 0.187. The molecule has 42 heavy (non-hydrogen) atoms. The summed E-state index contributed by atoms with van der Waals surface area (Å²) in [6.07, 6.45) is 1.23. The molecule has 0 spiro atoms. The fraction of sp³-hybridized carbons (Fsp3) is 0.171. The van der Waals surface area contributed by atoms with Crippen LogP contribution in [0, 0.1) is 5.92 Å². The largest absolute Gasteiger partial charge is 0.497 e. The highest BCUT2D eigenvalue weighted by Crippen LogP contribution is 2.48. The zero-order chi connectivity index (χ0) is 29.2. The summed E-state index contributed by atoms with van der Waals surface area (Å²) in [4.78, 5) is 33.0. The first kappa shape index (κ1) is 27.0. The molecular weight excluding hydrogens is 530 g/mol. The molecule has 1 aromatic heterocycles. The maximum Gasteiger partial charge on any atom is 0.178 e. The number of nitrogens with zero attached hydrogens (tertiary/aromatic N) is 1. The van der Waals surface area contributed by atoms with Gasteiger partial charge in [0.2, 0.25) is 0 Å². The molecule has 5 aromatic rings. The molecule has 4 aromatic carbocycles. The number of methoxy groups -OCH3 is 3. The summed E-state index contributed by atoms with van der Waals surface area (Å²) in [5.74, 6) is 0.0904. The summed E-state index contributed by atoms with van der Waals surface area (Å²) in [7, 11) is 4.61. The van der Waals surface area contributed by atoms with Crippen molar-refractivity contribution in [3.63, 3.8) is 0 Å². The van der Waals surface area contributed by atoms with E-state index in [4.69, 9.17) is 18.9 Å². The first-order valence-electron chi connectivity index (χ1n) is 13.6. The van der Waals surface area contributed by atoms with Gasteiger partial charge in [0, 0.05) is 17.6 Å². The number of hydrogen-bond donors (Lipinski definition) is 0. The minimum atomic E-state index is -0.984. The van der Waals surface area contributed by atoms with Gasteiger partial charge in [0.15, 0.2) is 17.3 Å². The third-order valence-electron chi connectivity index (χ3n) is 7.66. The Morgan fingerprint density at radius 2 is 1.36 bits per heavy atom. The molecule has 0 bridgehead atoms. The number of aromatic nitrogens is 1. The molecule has 1 aliphatic rings. The van der Waals surface area contributed by atoms with Crippen LogP contribution >= 0.6 is 0 Å². The Labute approximate surface area is 243 Å². The Balaban J connectivity index is 1.52. The molecule has 7 heteroatoms. The van der Waals surface area contributed by atoms with Crippen LogP contribution in [0.15, 0.2) is 97.2 Å². The van der Waals surface area contributed by atoms with Crippen LogP contribution in [0.3, 0.4) is 0 Å². The average Bonchev–Trinajstić information content (AvgIpc) is 3.29. The number of carbonyl (C=O) groups is 2. The van der Waals surface area contributed by atoms with E-state index < -0.39 is 12.0 Å². The van der Waals surface area contributed by atoms with E-state index in [2.05, 4.69) is 4.98 Å². The van der Waals surface area contributed by atoms with Gasteiger partial charge in [-0.05, 0) is 41.3 Å². The molecular formula is C35H29NO6. The molecule has 0 saturated carbocycles. The van der Waals surface area contributed by atoms with E-state index >= 15 is 0 Å². The van der Waals surface area contributed by atoms with E-state index in [1.54, 1.807) is 38.6 Å². The molecule has 0 amide bonds. The normalized spacial score (nSPS) is 14.2. The Morgan fingerprint density at radius 3 is 1.95 bits per heavy atom. The third kappa shape index (κ3) is 4.63. The minimum absolute atomic E-state index is 0.146. The van der Waals surface area contributed by atoms with Gasteiger partial charge in [-0.15, -0.1) is 0 Å². The molecule has 6 rings (SSSR count). The fourth-order valence-corrected chi connectivity index (χ4v) is 5.64. The highest BCUT2D eigenvalue weighted by Gasteiger charge is 2.45. The number of carbonyl (C=O) groups excluding carboxylic acids is 2. The maximum absolute atomic E-state index is 14.3. The summed E-state index contributed by atoms with van der Waals surface area (Å²) in [5, 5.41) is 0.595. The summed E-state index contributed by atoms with van der Waals surface area (Å²) in [6, 6.07) is 28.5. The fourth-order valence-electron chi connectivity index (χ4n) is 5.64. The van der Waals surface area contributed by atoms with Crippen LogP contribution in [0.4, 0.5) is 0 Å². The number of pyridine rings is 1. The highest BCUT2D eigenvalue weighted by atomic mass is 16.5. The number of ether oxygens (including phenoxy) is 4. The Kier molecular flexibility index (Phi) is 7.32. The van der Waals surface area contributed by atoms with Crippen molar-refractivity contribution in [3.05, 3.63) is 125 Å². The highest BCUT2D eigenvalue weighted by molar-refractivity contribution is 6.31. The second kappa shape index (κ2) is 11.4. The second-order valence-electron chi connectivity index (χ2n) is 9.99. The first-order chi connectivity index (χ1) is 20.5. The number of fused-ring (bicyclic) bond motifs is 2. The lowest BCUT2D eigenvalue weighted by Crippen LogP contribution is -2.19. The number of ketones is 2. The molecule has 1 atom stereocenters. The topological polar surface area (TPSA) is 84.0 Å². The molecule has 0 aliphatic heterocycles. The van der Waals surface area contributed by atoms with Crippen LogP contribution in [0.1, 0.15) is 43.5 Å². The number of hydrogen-bond acceptors (Lipinski definition) is 7. The Morgan fingerprint density at radius 1 is 0.714 bits per heavy atom. The molecule has 0 fully saturated rings. The molecule has 0 saturated heterocycles. The van der Waals surface area contributed by atoms with E-state index in [1.165, 1.54) is 7.11 Å². The summed E-state index contributed by atoms with van der Waals surface area (Å²) < 4.78 is 23.5. The number of benzene rings is 4. The van der Waals surface area contributed by atoms with Gasteiger partial charge < -0.3 is 18.9 Å². The number of rotatable bonds is 9. The summed E-state index contributed by atoms with van der Waals surface area (Å²) in [6.45, 7) is 0. The van der Waals surface area contributed by atoms with E-state index in [-0.39, 0.29) is 34.9 Å². The molecule has 0 N–H and O–H groups in total. The van der Waals surface area contributed by atoms with Crippen molar-refractivity contribution >= 4 is 22.5 Å². The van der Waals surface area contributed by atoms with Crippen LogP contribution in [0.25, 0.3) is 10.9 Å². The van der Waals surface area contributed by atoms with Gasteiger partial charge in [-0.2, -0.15) is 0 Å². The Bertz CT molecular complexity index is 1750. The van der Waals surface area contributed by atoms with Crippen LogP contribution < -0.4 is 18.9 Å². The van der Waals surface area contributed by atoms with Crippen LogP contribution in [0.5, 0.6) is 23.0 Å². The predicted octanol–water partition coefficient (Wildman–Crippen LogP) is 6.67. The monoisotopic (exact) mass is 559 g/mol. The average molecular weight is 560 g/mol. The van der Waals surface area contributed by atoms with Gasteiger partial charge in [0.1, 0.15) is 28.9 Å². The molecule has 1 heterocycles. The molecule has 0 radical (unpaired) electrons. The van der Waals surface area contributed by atoms with E-state index in [9.17, 15) is 9.59 Å². The minimum Gasteiger partial charge on any atom is -0.497 e. The lowest BCUT2D eigenvalue weighted by molar-refractivity contribution is 0.0836. The van der Waals surface area contributed by atoms with Gasteiger partial charge in [-0.1, -0.05) is 66.7 Å². The van der Waals surface area contributed by atoms with Crippen LogP contribution in [-0.2, 0) is 6.42 Å². The van der Waals surface area contributed by atoms with Crippen molar-refractivity contribution in [2.75, 3.05) is 21.3 Å². The molecule has 1 unspecified atom stereocenters. The van der Waals surface area contributed by atoms with Crippen LogP contribution in [-0.4, -0.2) is 37.9 Å². The zero-order valence-electron chi connectivity index (χ0n) is 23.5. The predicted molar refractivity (Wildman–Crippen MR) is 159 cm³/mol. The zero-order valence-corrected chi connectivity index (χ0v) is 23.5. The molecule has 7 nitrogen and oxygen atoms in total. The van der Waals surface area contributed by atoms with Gasteiger partial charge in [0.05, 0.1) is 38.4 Å². The first-order valence-corrected chi connectivity index (χ1v) is 13.6. The van der Waals surface area contributed by atoms with Crippen LogP contribution in [0.2, 0.25) is 0 Å². The molecule has 1 aliphatic carbocycles. The lowest BCUT2D eigenvalue weighted by atomic mass is 9.94. The van der Waals surface area contributed by atoms with Crippen molar-refractivity contribution in [2.24, 2.45) is 5.92 Å². The van der Waals surface area contributed by atoms with Crippen molar-refractivity contribution in [1.29, 1.82) is 0 Å². The molecule has 210 valence electrons.